The second-order valence-corrected chi connectivity index (χ2v) is 0.236. The summed E-state index contributed by atoms with van der Waals surface area (Å²) in [5.41, 5.74) is 0. The molecule has 0 atom stereocenters. The van der Waals surface area contributed by atoms with Crippen molar-refractivity contribution in [3.63, 3.8) is 0 Å². The molecule has 0 aliphatic heterocycles. The van der Waals surface area contributed by atoms with Crippen LogP contribution in [0, 0.1) is 0 Å². The molecule has 0 rings (SSSR count). The van der Waals surface area contributed by atoms with E-state index in [9.17, 15) is 0 Å². The maximum atomic E-state index is 8.81. The van der Waals surface area contributed by atoms with Crippen LogP contribution in [0.4, 0.5) is 0 Å². The summed E-state index contributed by atoms with van der Waals surface area (Å²) in [5, 5.41) is 0. The molecule has 0 heterocycles. The van der Waals surface area contributed by atoms with Gasteiger partial charge in [-0.05, 0) is 6.92 Å². The van der Waals surface area contributed by atoms with Crippen LogP contribution < -0.4 is 0 Å². The monoisotopic (exact) mass is 176 g/mol. The third-order valence-corrected chi connectivity index (χ3v) is 0. The van der Waals surface area contributed by atoms with Gasteiger partial charge in [-0.2, -0.15) is 0 Å². The summed E-state index contributed by atoms with van der Waals surface area (Å²) in [6.07, 6.45) is 0.750. The van der Waals surface area contributed by atoms with E-state index in [0.717, 1.165) is 6.29 Å². The molecule has 0 unspecified atom stereocenters. The van der Waals surface area contributed by atoms with Crippen LogP contribution >= 0.6 is 0 Å². The Hall–Kier alpha value is -0.0366. The zero-order chi connectivity index (χ0) is 4.71. The third-order valence-electron chi connectivity index (χ3n) is 0. The fraction of sp³-hybridized carbons (Fsp3) is 0.333. The number of hydrogen-bond acceptors (Lipinski definition) is 2. The van der Waals surface area contributed by atoms with Crippen molar-refractivity contribution in [1.82, 2.24) is 0 Å². The van der Waals surface area contributed by atoms with Gasteiger partial charge in [-0.1, -0.05) is 0 Å². The maximum absolute atomic E-state index is 8.81. The van der Waals surface area contributed by atoms with Crippen molar-refractivity contribution < 1.29 is 29.1 Å². The predicted molar refractivity (Wildman–Crippen MR) is 18.5 cm³/mol. The Labute approximate surface area is 49.7 Å². The second-order valence-electron chi connectivity index (χ2n) is 0.236. The number of carbonyl (C=O) groups is 1. The predicted octanol–water partition coefficient (Wildman–Crippen LogP) is -0.0714. The third kappa shape index (κ3) is 25900. The number of rotatable bonds is 0. The van der Waals surface area contributed by atoms with Gasteiger partial charge in [-0.25, -0.2) is 0 Å². The minimum Gasteiger partial charge on any atom is -0.545 e. The van der Waals surface area contributed by atoms with Gasteiger partial charge >= 0.3 is 0 Å². The zero-order valence-corrected chi connectivity index (χ0v) is 4.94. The van der Waals surface area contributed by atoms with E-state index < -0.39 is 0 Å². The van der Waals surface area contributed by atoms with E-state index in [-0.39, 0.29) is 19.5 Å². The second kappa shape index (κ2) is 84.0. The van der Waals surface area contributed by atoms with Crippen molar-refractivity contribution in [3.05, 3.63) is 0 Å². The summed E-state index contributed by atoms with van der Waals surface area (Å²) in [6.45, 7) is 4.69. The summed E-state index contributed by atoms with van der Waals surface area (Å²) < 4.78 is 0. The molecule has 0 aromatic carbocycles. The summed E-state index contributed by atoms with van der Waals surface area (Å²) in [7, 11) is 0. The van der Waals surface area contributed by atoms with Crippen LogP contribution in [0.25, 0.3) is 0 Å². The van der Waals surface area contributed by atoms with Gasteiger partial charge < -0.3 is 9.59 Å². The van der Waals surface area contributed by atoms with Crippen molar-refractivity contribution >= 4 is 13.1 Å². The van der Waals surface area contributed by atoms with Crippen LogP contribution in [0.15, 0.2) is 0 Å². The van der Waals surface area contributed by atoms with Crippen LogP contribution in [-0.4, -0.2) is 13.1 Å². The molecule has 3 heteroatoms. The van der Waals surface area contributed by atoms with E-state index in [2.05, 4.69) is 6.79 Å². The Morgan fingerprint density at radius 1 is 1.50 bits per heavy atom. The standard InChI is InChI=1S/C2H4O.CHO.Rh/c1-2-3;1-2;/h2H,1H3;1H;/q;-1;. The van der Waals surface area contributed by atoms with Crippen LogP contribution in [0.1, 0.15) is 6.92 Å². The summed E-state index contributed by atoms with van der Waals surface area (Å²) in [5.74, 6) is 0. The van der Waals surface area contributed by atoms with Gasteiger partial charge in [0.1, 0.15) is 6.29 Å². The Balaban J connectivity index is -0.0000000275. The van der Waals surface area contributed by atoms with E-state index in [4.69, 9.17) is 9.59 Å². The summed E-state index contributed by atoms with van der Waals surface area (Å²) in [4.78, 5) is 16.6. The van der Waals surface area contributed by atoms with Crippen LogP contribution in [0.2, 0.25) is 0 Å². The molecule has 0 aliphatic rings. The van der Waals surface area contributed by atoms with Crippen molar-refractivity contribution in [2.24, 2.45) is 0 Å². The molecule has 0 aromatic rings. The molecule has 39 valence electrons. The molecule has 0 saturated heterocycles. The van der Waals surface area contributed by atoms with Crippen LogP contribution in [-0.2, 0) is 29.1 Å². The molecule has 0 amide bonds. The molecular weight excluding hydrogens is 171 g/mol. The van der Waals surface area contributed by atoms with Crippen molar-refractivity contribution in [1.29, 1.82) is 0 Å². The Kier molecular flexibility index (Phi) is 234. The van der Waals surface area contributed by atoms with Crippen molar-refractivity contribution in [2.45, 2.75) is 6.92 Å². The Morgan fingerprint density at radius 3 is 1.50 bits per heavy atom. The molecule has 0 aromatic heterocycles. The minimum absolute atomic E-state index is 0. The average molecular weight is 176 g/mol. The first-order valence-electron chi connectivity index (χ1n) is 1.05. The quantitative estimate of drug-likeness (QED) is 0.294. The molecule has 0 bridgehead atoms. The van der Waals surface area contributed by atoms with E-state index >= 15 is 0 Å². The van der Waals surface area contributed by atoms with Gasteiger partial charge in [-0.15, -0.1) is 0 Å². The van der Waals surface area contributed by atoms with Gasteiger partial charge in [0, 0.05) is 19.5 Å². The average Bonchev–Trinajstić information content (AvgIpc) is 1.46. The van der Waals surface area contributed by atoms with Crippen molar-refractivity contribution in [3.8, 4) is 0 Å². The fourth-order valence-electron chi connectivity index (χ4n) is 0. The fourth-order valence-corrected chi connectivity index (χ4v) is 0. The molecule has 0 fully saturated rings. The molecule has 2 nitrogen and oxygen atoms in total. The Bertz CT molecular complexity index is 22.8. The largest absolute Gasteiger partial charge is 0.545 e. The normalized spacial score (nSPS) is 2.83. The molecular formula is C3H5O2Rh-. The topological polar surface area (TPSA) is 34.1 Å². The maximum Gasteiger partial charge on any atom is 0.116 e. The van der Waals surface area contributed by atoms with Gasteiger partial charge in [0.2, 0.25) is 0 Å². The van der Waals surface area contributed by atoms with E-state index in [0.29, 0.717) is 0 Å². The van der Waals surface area contributed by atoms with Gasteiger partial charge in [0.05, 0.1) is 0 Å². The Morgan fingerprint density at radius 2 is 1.50 bits per heavy atom. The van der Waals surface area contributed by atoms with Crippen LogP contribution in [0.3, 0.4) is 0 Å². The van der Waals surface area contributed by atoms with E-state index in [1.165, 1.54) is 6.92 Å². The first-order chi connectivity index (χ1) is 2.41. The minimum atomic E-state index is 0. The smallest absolute Gasteiger partial charge is 0.116 e. The number of carbonyl (C=O) groups excluding carboxylic acids is 2. The number of aldehydes is 1. The van der Waals surface area contributed by atoms with Crippen molar-refractivity contribution in [2.75, 3.05) is 0 Å². The SMILES string of the molecule is CC=O.[CH-]=O.[Rh]. The summed E-state index contributed by atoms with van der Waals surface area (Å²) in [6, 6.07) is 0. The van der Waals surface area contributed by atoms with E-state index in [1.54, 1.807) is 0 Å². The molecule has 0 aliphatic carbocycles. The van der Waals surface area contributed by atoms with Gasteiger partial charge in [0.15, 0.2) is 0 Å². The molecule has 0 spiro atoms. The number of hydrogen-bond donors (Lipinski definition) is 0. The van der Waals surface area contributed by atoms with E-state index in [1.807, 2.05) is 0 Å². The first-order valence-corrected chi connectivity index (χ1v) is 1.05. The van der Waals surface area contributed by atoms with Gasteiger partial charge in [-0.3, -0.25) is 6.79 Å². The molecule has 0 N–H and O–H groups in total. The molecule has 0 saturated carbocycles. The zero-order valence-electron chi connectivity index (χ0n) is 3.30. The summed E-state index contributed by atoms with van der Waals surface area (Å²) >= 11 is 0. The van der Waals surface area contributed by atoms with Gasteiger partial charge in [0.25, 0.3) is 0 Å². The molecule has 6 heavy (non-hydrogen) atoms. The van der Waals surface area contributed by atoms with Crippen LogP contribution in [0.5, 0.6) is 0 Å². The molecule has 1 radical (unpaired) electrons. The first kappa shape index (κ1) is 16.7.